The fourth-order valence-corrected chi connectivity index (χ4v) is 2.84. The Balaban J connectivity index is 2.81. The lowest BCUT2D eigenvalue weighted by Crippen LogP contribution is -2.31. The van der Waals surface area contributed by atoms with Crippen LogP contribution in [0.2, 0.25) is 0 Å². The average Bonchev–Trinajstić information content (AvgIpc) is 2.40. The van der Waals surface area contributed by atoms with Crippen molar-refractivity contribution in [1.82, 2.24) is 0 Å². The maximum Gasteiger partial charge on any atom is 0.295 e. The largest absolute Gasteiger partial charge is 0.295 e. The molecule has 0 aliphatic rings. The normalized spacial score (nSPS) is 10.8. The molecule has 3 heteroatoms. The van der Waals surface area contributed by atoms with E-state index < -0.39 is 0 Å². The van der Waals surface area contributed by atoms with Crippen LogP contribution in [0.1, 0.15) is 6.92 Å². The highest BCUT2D eigenvalue weighted by molar-refractivity contribution is 7.82. The molecular weight excluding hydrogens is 186 g/mol. The second-order valence-electron chi connectivity index (χ2n) is 2.60. The van der Waals surface area contributed by atoms with Crippen molar-refractivity contribution in [2.75, 3.05) is 0 Å². The van der Waals surface area contributed by atoms with Crippen LogP contribution in [0.15, 0.2) is 28.6 Å². The van der Waals surface area contributed by atoms with E-state index in [0.29, 0.717) is 0 Å². The Bertz CT molecular complexity index is 406. The zero-order valence-corrected chi connectivity index (χ0v) is 8.53. The topological polar surface area (TPSA) is 3.88 Å². The molecule has 0 amide bonds. The summed E-state index contributed by atoms with van der Waals surface area (Å²) in [6.45, 7) is 3.13. The fraction of sp³-hybridized carbons (Fsp3) is 0.222. The number of para-hydroxylation sites is 1. The molecule has 0 aliphatic carbocycles. The molecule has 1 aromatic carbocycles. The summed E-state index contributed by atoms with van der Waals surface area (Å²) in [6.07, 6.45) is 0. The lowest BCUT2D eigenvalue weighted by atomic mass is 10.3. The number of rotatable bonds is 1. The SMILES string of the molecule is CC[n+]1c(S)sc2ccccc21. The number of hydrogen-bond acceptors (Lipinski definition) is 2. The number of thiol groups is 1. The summed E-state index contributed by atoms with van der Waals surface area (Å²) in [5.41, 5.74) is 1.29. The minimum Gasteiger partial charge on any atom is -0.177 e. The van der Waals surface area contributed by atoms with Crippen molar-refractivity contribution in [2.45, 2.75) is 17.8 Å². The number of thiazole rings is 1. The van der Waals surface area contributed by atoms with Gasteiger partial charge in [0, 0.05) is 6.07 Å². The van der Waals surface area contributed by atoms with Crippen LogP contribution in [0.4, 0.5) is 0 Å². The number of hydrogen-bond donors (Lipinski definition) is 1. The first-order valence-corrected chi connectivity index (χ1v) is 5.19. The molecule has 12 heavy (non-hydrogen) atoms. The highest BCUT2D eigenvalue weighted by Crippen LogP contribution is 2.21. The minimum absolute atomic E-state index is 0.989. The van der Waals surface area contributed by atoms with Gasteiger partial charge in [0.1, 0.15) is 11.2 Å². The first-order chi connectivity index (χ1) is 5.83. The molecule has 0 spiro atoms. The first-order valence-electron chi connectivity index (χ1n) is 3.93. The third kappa shape index (κ3) is 1.13. The standard InChI is InChI=1S/C9H9NS2/c1-2-10-7-5-3-4-6-8(7)12-9(10)11/h3-6H,2H2,1H3/p+1. The van der Waals surface area contributed by atoms with Gasteiger partial charge in [0.05, 0.1) is 0 Å². The summed E-state index contributed by atoms with van der Waals surface area (Å²) < 4.78 is 4.60. The quantitative estimate of drug-likeness (QED) is 0.528. The lowest BCUT2D eigenvalue weighted by Gasteiger charge is -1.87. The van der Waals surface area contributed by atoms with Gasteiger partial charge in [-0.1, -0.05) is 36.1 Å². The van der Waals surface area contributed by atoms with Gasteiger partial charge in [-0.15, -0.1) is 0 Å². The molecule has 62 valence electrons. The van der Waals surface area contributed by atoms with Gasteiger partial charge in [-0.05, 0) is 13.0 Å². The van der Waals surface area contributed by atoms with Gasteiger partial charge in [-0.2, -0.15) is 4.57 Å². The summed E-state index contributed by atoms with van der Waals surface area (Å²) in [6, 6.07) is 8.39. The molecule has 0 unspecified atom stereocenters. The number of aromatic nitrogens is 1. The summed E-state index contributed by atoms with van der Waals surface area (Å²) in [7, 11) is 0. The van der Waals surface area contributed by atoms with Crippen molar-refractivity contribution in [3.63, 3.8) is 0 Å². The molecule has 1 aromatic heterocycles. The molecule has 0 bridgehead atoms. The van der Waals surface area contributed by atoms with Crippen LogP contribution in [0.5, 0.6) is 0 Å². The van der Waals surface area contributed by atoms with Crippen LogP contribution >= 0.6 is 24.0 Å². The number of nitrogens with zero attached hydrogens (tertiary/aromatic N) is 1. The summed E-state index contributed by atoms with van der Waals surface area (Å²) in [5.74, 6) is 0. The van der Waals surface area contributed by atoms with Crippen LogP contribution in [0, 0.1) is 0 Å². The van der Waals surface area contributed by atoms with Gasteiger partial charge < -0.3 is 0 Å². The smallest absolute Gasteiger partial charge is 0.177 e. The third-order valence-electron chi connectivity index (χ3n) is 1.90. The predicted molar refractivity (Wildman–Crippen MR) is 54.9 cm³/mol. The monoisotopic (exact) mass is 196 g/mol. The summed E-state index contributed by atoms with van der Waals surface area (Å²) in [4.78, 5) is 0. The van der Waals surface area contributed by atoms with E-state index in [1.54, 1.807) is 11.3 Å². The summed E-state index contributed by atoms with van der Waals surface area (Å²) >= 11 is 6.15. The maximum atomic E-state index is 4.42. The highest BCUT2D eigenvalue weighted by Gasteiger charge is 2.14. The second kappa shape index (κ2) is 3.07. The van der Waals surface area contributed by atoms with Crippen LogP contribution in [-0.2, 0) is 6.54 Å². The predicted octanol–water partition coefficient (Wildman–Crippen LogP) is 2.50. The Morgan fingerprint density at radius 3 is 2.92 bits per heavy atom. The maximum absolute atomic E-state index is 4.42. The molecular formula is C9H10NS2+. The van der Waals surface area contributed by atoms with Gasteiger partial charge in [0.15, 0.2) is 0 Å². The van der Waals surface area contributed by atoms with Crippen LogP contribution in [0.3, 0.4) is 0 Å². The average molecular weight is 196 g/mol. The van der Waals surface area contributed by atoms with E-state index in [-0.39, 0.29) is 0 Å². The molecule has 0 radical (unpaired) electrons. The van der Waals surface area contributed by atoms with Crippen molar-refractivity contribution < 1.29 is 4.57 Å². The van der Waals surface area contributed by atoms with E-state index >= 15 is 0 Å². The van der Waals surface area contributed by atoms with Crippen LogP contribution in [-0.4, -0.2) is 0 Å². The zero-order chi connectivity index (χ0) is 8.55. The van der Waals surface area contributed by atoms with Gasteiger partial charge in [-0.3, -0.25) is 0 Å². The lowest BCUT2D eigenvalue weighted by molar-refractivity contribution is -0.698. The molecule has 0 fully saturated rings. The molecule has 2 aromatic rings. The van der Waals surface area contributed by atoms with E-state index in [1.165, 1.54) is 10.2 Å². The number of aryl methyl sites for hydroxylation is 1. The van der Waals surface area contributed by atoms with E-state index in [2.05, 4.69) is 48.4 Å². The molecule has 1 nitrogen and oxygen atoms in total. The van der Waals surface area contributed by atoms with Gasteiger partial charge in [0.25, 0.3) is 4.34 Å². The Hall–Kier alpha value is -0.540. The Morgan fingerprint density at radius 2 is 2.17 bits per heavy atom. The first kappa shape index (κ1) is 8.08. The Morgan fingerprint density at radius 1 is 1.42 bits per heavy atom. The molecule has 0 saturated carbocycles. The van der Waals surface area contributed by atoms with Crippen molar-refractivity contribution in [1.29, 1.82) is 0 Å². The molecule has 0 atom stereocenters. The van der Waals surface area contributed by atoms with E-state index in [9.17, 15) is 0 Å². The summed E-state index contributed by atoms with van der Waals surface area (Å²) in [5, 5.41) is 0. The van der Waals surface area contributed by atoms with Crippen molar-refractivity contribution in [3.05, 3.63) is 24.3 Å². The van der Waals surface area contributed by atoms with Crippen LogP contribution < -0.4 is 4.57 Å². The van der Waals surface area contributed by atoms with Crippen molar-refractivity contribution >= 4 is 34.2 Å². The second-order valence-corrected chi connectivity index (χ2v) is 4.35. The molecule has 0 saturated heterocycles. The Labute approximate surface area is 81.1 Å². The van der Waals surface area contributed by atoms with Crippen molar-refractivity contribution in [2.24, 2.45) is 0 Å². The van der Waals surface area contributed by atoms with E-state index in [0.717, 1.165) is 10.9 Å². The van der Waals surface area contributed by atoms with Crippen molar-refractivity contribution in [3.8, 4) is 0 Å². The third-order valence-corrected chi connectivity index (χ3v) is 3.39. The number of benzene rings is 1. The van der Waals surface area contributed by atoms with Gasteiger partial charge in [0.2, 0.25) is 5.52 Å². The van der Waals surface area contributed by atoms with E-state index in [1.807, 2.05) is 0 Å². The highest BCUT2D eigenvalue weighted by atomic mass is 32.2. The fourth-order valence-electron chi connectivity index (χ4n) is 1.33. The van der Waals surface area contributed by atoms with Gasteiger partial charge >= 0.3 is 0 Å². The molecule has 2 rings (SSSR count). The molecule has 0 aliphatic heterocycles. The molecule has 0 N–H and O–H groups in total. The van der Waals surface area contributed by atoms with Crippen LogP contribution in [0.25, 0.3) is 10.2 Å². The van der Waals surface area contributed by atoms with Gasteiger partial charge in [-0.25, -0.2) is 0 Å². The zero-order valence-electron chi connectivity index (χ0n) is 6.82. The molecule has 1 heterocycles. The Kier molecular flexibility index (Phi) is 2.07. The minimum atomic E-state index is 0.989. The van der Waals surface area contributed by atoms with E-state index in [4.69, 9.17) is 0 Å². The number of fused-ring (bicyclic) bond motifs is 1.